The van der Waals surface area contributed by atoms with Crippen molar-refractivity contribution in [2.24, 2.45) is 10.7 Å². The number of nitrogens with two attached hydrogens (primary N) is 1. The minimum Gasteiger partial charge on any atom is -0.370 e. The van der Waals surface area contributed by atoms with Gasteiger partial charge in [-0.1, -0.05) is 43.2 Å². The third kappa shape index (κ3) is 5.34. The highest BCUT2D eigenvalue weighted by Crippen LogP contribution is 2.10. The van der Waals surface area contributed by atoms with Crippen LogP contribution in [0.2, 0.25) is 0 Å². The number of rotatable bonds is 5. The lowest BCUT2D eigenvalue weighted by Crippen LogP contribution is -2.39. The van der Waals surface area contributed by atoms with E-state index in [1.165, 1.54) is 31.2 Å². The van der Waals surface area contributed by atoms with E-state index in [0.717, 1.165) is 32.1 Å². The van der Waals surface area contributed by atoms with Crippen molar-refractivity contribution < 1.29 is 0 Å². The quantitative estimate of drug-likeness (QED) is 0.672. The van der Waals surface area contributed by atoms with Crippen molar-refractivity contribution in [2.45, 2.75) is 45.2 Å². The number of hydrogen-bond donors (Lipinski definition) is 1. The van der Waals surface area contributed by atoms with Gasteiger partial charge in [-0.05, 0) is 32.4 Å². The molecular formula is C18H30N4. The zero-order valence-corrected chi connectivity index (χ0v) is 14.0. The Hall–Kier alpha value is -1.55. The predicted octanol–water partition coefficient (Wildman–Crippen LogP) is 2.70. The first-order chi connectivity index (χ1) is 10.7. The minimum absolute atomic E-state index is 0.380. The van der Waals surface area contributed by atoms with E-state index in [0.29, 0.717) is 6.04 Å². The summed E-state index contributed by atoms with van der Waals surface area (Å²) < 4.78 is 0. The van der Waals surface area contributed by atoms with E-state index in [1.807, 2.05) is 0 Å². The number of guanidine groups is 1. The Labute approximate surface area is 135 Å². The van der Waals surface area contributed by atoms with Gasteiger partial charge in [-0.15, -0.1) is 0 Å². The fraction of sp³-hybridized carbons (Fsp3) is 0.611. The molecule has 2 N–H and O–H groups in total. The number of likely N-dealkylation sites (N-methyl/N-ethyl adjacent to an activating group) is 1. The topological polar surface area (TPSA) is 44.9 Å². The molecule has 1 aromatic rings. The van der Waals surface area contributed by atoms with Crippen LogP contribution in [0.25, 0.3) is 0 Å². The summed E-state index contributed by atoms with van der Waals surface area (Å²) in [6.45, 7) is 6.03. The predicted molar refractivity (Wildman–Crippen MR) is 93.9 cm³/mol. The Morgan fingerprint density at radius 1 is 1.18 bits per heavy atom. The molecule has 22 heavy (non-hydrogen) atoms. The molecule has 0 saturated carbocycles. The highest BCUT2D eigenvalue weighted by Gasteiger charge is 2.13. The van der Waals surface area contributed by atoms with Crippen molar-refractivity contribution in [3.05, 3.63) is 35.9 Å². The molecule has 4 nitrogen and oxygen atoms in total. The normalized spacial score (nSPS) is 18.3. The van der Waals surface area contributed by atoms with Gasteiger partial charge in [0, 0.05) is 25.7 Å². The first-order valence-corrected chi connectivity index (χ1v) is 8.46. The van der Waals surface area contributed by atoms with Crippen LogP contribution in [-0.2, 0) is 6.54 Å². The third-order valence-corrected chi connectivity index (χ3v) is 4.47. The summed E-state index contributed by atoms with van der Waals surface area (Å²) in [7, 11) is 2.15. The zero-order chi connectivity index (χ0) is 15.8. The number of nitrogens with zero attached hydrogens (tertiary/aromatic N) is 3. The van der Waals surface area contributed by atoms with Crippen LogP contribution in [0.4, 0.5) is 0 Å². The second kappa shape index (κ2) is 8.79. The second-order valence-corrected chi connectivity index (χ2v) is 6.35. The van der Waals surface area contributed by atoms with E-state index in [1.54, 1.807) is 0 Å². The summed E-state index contributed by atoms with van der Waals surface area (Å²) in [4.78, 5) is 9.21. The first kappa shape index (κ1) is 16.8. The molecule has 0 spiro atoms. The lowest BCUT2D eigenvalue weighted by Gasteiger charge is -2.25. The summed E-state index contributed by atoms with van der Waals surface area (Å²) in [6.07, 6.45) is 5.11. The largest absolute Gasteiger partial charge is 0.370 e. The molecule has 1 heterocycles. The molecule has 0 amide bonds. The van der Waals surface area contributed by atoms with Gasteiger partial charge in [0.2, 0.25) is 0 Å². The molecule has 1 fully saturated rings. The average molecular weight is 302 g/mol. The molecule has 1 aliphatic heterocycles. The highest BCUT2D eigenvalue weighted by molar-refractivity contribution is 5.78. The number of aliphatic imine (C=N–C) groups is 1. The smallest absolute Gasteiger partial charge is 0.191 e. The van der Waals surface area contributed by atoms with Gasteiger partial charge >= 0.3 is 0 Å². The summed E-state index contributed by atoms with van der Waals surface area (Å²) in [5.41, 5.74) is 7.51. The van der Waals surface area contributed by atoms with Gasteiger partial charge in [0.25, 0.3) is 0 Å². The van der Waals surface area contributed by atoms with Gasteiger partial charge in [-0.25, -0.2) is 0 Å². The highest BCUT2D eigenvalue weighted by atomic mass is 15.3. The second-order valence-electron chi connectivity index (χ2n) is 6.35. The van der Waals surface area contributed by atoms with Gasteiger partial charge in [0.15, 0.2) is 5.96 Å². The Morgan fingerprint density at radius 3 is 2.45 bits per heavy atom. The van der Waals surface area contributed by atoms with Crippen LogP contribution < -0.4 is 5.73 Å². The molecule has 0 radical (unpaired) electrons. The van der Waals surface area contributed by atoms with Crippen molar-refractivity contribution >= 4 is 5.96 Å². The van der Waals surface area contributed by atoms with Gasteiger partial charge < -0.3 is 10.6 Å². The molecule has 1 saturated heterocycles. The minimum atomic E-state index is 0.380. The van der Waals surface area contributed by atoms with Crippen LogP contribution in [0.15, 0.2) is 35.3 Å². The van der Waals surface area contributed by atoms with Crippen molar-refractivity contribution in [1.82, 2.24) is 9.80 Å². The van der Waals surface area contributed by atoms with E-state index in [-0.39, 0.29) is 0 Å². The Bertz CT molecular complexity index is 449. The van der Waals surface area contributed by atoms with Crippen molar-refractivity contribution in [2.75, 3.05) is 26.7 Å². The number of benzene rings is 1. The van der Waals surface area contributed by atoms with Crippen LogP contribution in [0, 0.1) is 0 Å². The summed E-state index contributed by atoms with van der Waals surface area (Å²) in [5, 5.41) is 0. The van der Waals surface area contributed by atoms with Crippen LogP contribution in [0.3, 0.4) is 0 Å². The van der Waals surface area contributed by atoms with E-state index in [4.69, 9.17) is 5.73 Å². The fourth-order valence-corrected chi connectivity index (χ4v) is 2.79. The molecular weight excluding hydrogens is 272 g/mol. The molecule has 122 valence electrons. The van der Waals surface area contributed by atoms with Crippen LogP contribution >= 0.6 is 0 Å². The average Bonchev–Trinajstić information content (AvgIpc) is 2.82. The van der Waals surface area contributed by atoms with Gasteiger partial charge in [0.05, 0.1) is 6.54 Å². The fourth-order valence-electron chi connectivity index (χ4n) is 2.79. The zero-order valence-electron chi connectivity index (χ0n) is 14.0. The maximum absolute atomic E-state index is 6.18. The maximum atomic E-state index is 6.18. The standard InChI is InChI=1S/C18H30N4/c1-16(21(2)15-17-10-6-5-7-11-17)14-20-18(19)22-12-8-3-4-9-13-22/h5-7,10-11,16H,3-4,8-9,12-15H2,1-2H3,(H2,19,20). The van der Waals surface area contributed by atoms with E-state index in [2.05, 4.69) is 59.1 Å². The van der Waals surface area contributed by atoms with Crippen molar-refractivity contribution in [3.63, 3.8) is 0 Å². The Balaban J connectivity index is 1.82. The van der Waals surface area contributed by atoms with E-state index >= 15 is 0 Å². The molecule has 1 aromatic carbocycles. The molecule has 4 heteroatoms. The summed E-state index contributed by atoms with van der Waals surface area (Å²) >= 11 is 0. The first-order valence-electron chi connectivity index (χ1n) is 8.46. The molecule has 0 bridgehead atoms. The third-order valence-electron chi connectivity index (χ3n) is 4.47. The Kier molecular flexibility index (Phi) is 6.72. The van der Waals surface area contributed by atoms with Gasteiger partial charge in [-0.3, -0.25) is 9.89 Å². The molecule has 0 aliphatic carbocycles. The van der Waals surface area contributed by atoms with E-state index in [9.17, 15) is 0 Å². The van der Waals surface area contributed by atoms with Gasteiger partial charge in [-0.2, -0.15) is 0 Å². The molecule has 1 aliphatic rings. The monoisotopic (exact) mass is 302 g/mol. The lowest BCUT2D eigenvalue weighted by atomic mass is 10.2. The number of hydrogen-bond acceptors (Lipinski definition) is 2. The lowest BCUT2D eigenvalue weighted by molar-refractivity contribution is 0.254. The number of likely N-dealkylation sites (tertiary alicyclic amines) is 1. The van der Waals surface area contributed by atoms with Crippen LogP contribution in [-0.4, -0.2) is 48.5 Å². The van der Waals surface area contributed by atoms with E-state index < -0.39 is 0 Å². The molecule has 1 atom stereocenters. The Morgan fingerprint density at radius 2 is 1.82 bits per heavy atom. The van der Waals surface area contributed by atoms with Crippen molar-refractivity contribution in [1.29, 1.82) is 0 Å². The van der Waals surface area contributed by atoms with Crippen LogP contribution in [0.1, 0.15) is 38.2 Å². The maximum Gasteiger partial charge on any atom is 0.191 e. The molecule has 0 aromatic heterocycles. The molecule has 2 rings (SSSR count). The molecule has 1 unspecified atom stereocenters. The summed E-state index contributed by atoms with van der Waals surface area (Å²) in [6, 6.07) is 10.9. The van der Waals surface area contributed by atoms with Gasteiger partial charge in [0.1, 0.15) is 0 Å². The van der Waals surface area contributed by atoms with Crippen LogP contribution in [0.5, 0.6) is 0 Å². The SMILES string of the molecule is CC(CN=C(N)N1CCCCCC1)N(C)Cc1ccccc1. The summed E-state index contributed by atoms with van der Waals surface area (Å²) in [5.74, 6) is 0.724. The van der Waals surface area contributed by atoms with Crippen molar-refractivity contribution in [3.8, 4) is 0 Å².